The van der Waals surface area contributed by atoms with Crippen LogP contribution in [0, 0.1) is 5.92 Å². The number of rotatable bonds is 0. The third-order valence-corrected chi connectivity index (χ3v) is 2.97. The number of hydrogen-bond acceptors (Lipinski definition) is 2. The van der Waals surface area contributed by atoms with Gasteiger partial charge in [0.25, 0.3) is 0 Å². The summed E-state index contributed by atoms with van der Waals surface area (Å²) in [5.41, 5.74) is 0. The molecule has 0 saturated carbocycles. The number of hydrogen-bond donors (Lipinski definition) is 0. The quantitative estimate of drug-likeness (QED) is 0.584. The molecule has 3 heteroatoms. The first kappa shape index (κ1) is 11.5. The fourth-order valence-corrected chi connectivity index (χ4v) is 1.96. The molecule has 1 aliphatic heterocycles. The first-order chi connectivity index (χ1) is 6.59. The largest absolute Gasteiger partial charge is 0.341 e. The third-order valence-electron chi connectivity index (χ3n) is 2.97. The smallest absolute Gasteiger partial charge is 0.219 e. The minimum Gasteiger partial charge on any atom is -0.341 e. The van der Waals surface area contributed by atoms with Gasteiger partial charge in [0.1, 0.15) is 0 Å². The lowest BCUT2D eigenvalue weighted by molar-refractivity contribution is -0.129. The molecule has 0 N–H and O–H groups in total. The van der Waals surface area contributed by atoms with Crippen molar-refractivity contribution < 1.29 is 4.79 Å². The van der Waals surface area contributed by atoms with Gasteiger partial charge in [-0.1, -0.05) is 6.92 Å². The van der Waals surface area contributed by atoms with E-state index in [0.717, 1.165) is 26.2 Å². The van der Waals surface area contributed by atoms with Crippen LogP contribution in [0.4, 0.5) is 0 Å². The summed E-state index contributed by atoms with van der Waals surface area (Å²) < 4.78 is 0. The Morgan fingerprint density at radius 3 is 2.64 bits per heavy atom. The Hall–Kier alpha value is -0.570. The van der Waals surface area contributed by atoms with Crippen LogP contribution in [0.1, 0.15) is 26.7 Å². The molecule has 0 aromatic heterocycles. The highest BCUT2D eigenvalue weighted by molar-refractivity contribution is 5.73. The molecule has 0 aromatic carbocycles. The fourth-order valence-electron chi connectivity index (χ4n) is 1.96. The Morgan fingerprint density at radius 1 is 1.29 bits per heavy atom. The van der Waals surface area contributed by atoms with Crippen LogP contribution in [0.2, 0.25) is 0 Å². The number of carbonyl (C=O) groups excluding carboxylic acids is 1. The van der Waals surface area contributed by atoms with E-state index in [1.165, 1.54) is 12.8 Å². The number of carbonyl (C=O) groups is 1. The maximum absolute atomic E-state index is 11.3. The van der Waals surface area contributed by atoms with E-state index in [-0.39, 0.29) is 5.91 Å². The lowest BCUT2D eigenvalue weighted by atomic mass is 10.1. The summed E-state index contributed by atoms with van der Waals surface area (Å²) in [5.74, 6) is 0.859. The van der Waals surface area contributed by atoms with Crippen molar-refractivity contribution in [3.05, 3.63) is 0 Å². The maximum Gasteiger partial charge on any atom is 0.219 e. The summed E-state index contributed by atoms with van der Waals surface area (Å²) in [6.45, 7) is 7.90. The average Bonchev–Trinajstić information content (AvgIpc) is 2.17. The van der Waals surface area contributed by atoms with Gasteiger partial charge in [0.15, 0.2) is 0 Å². The van der Waals surface area contributed by atoms with E-state index in [9.17, 15) is 4.79 Å². The van der Waals surface area contributed by atoms with E-state index in [4.69, 9.17) is 0 Å². The van der Waals surface area contributed by atoms with Crippen LogP contribution < -0.4 is 0 Å². The van der Waals surface area contributed by atoms with Gasteiger partial charge >= 0.3 is 0 Å². The minimum absolute atomic E-state index is 0.215. The molecule has 14 heavy (non-hydrogen) atoms. The van der Waals surface area contributed by atoms with Crippen LogP contribution in [0.15, 0.2) is 0 Å². The first-order valence-corrected chi connectivity index (χ1v) is 5.53. The molecule has 1 amide bonds. The van der Waals surface area contributed by atoms with Crippen LogP contribution in [0.3, 0.4) is 0 Å². The van der Waals surface area contributed by atoms with Crippen LogP contribution >= 0.6 is 0 Å². The Balaban J connectivity index is 2.53. The van der Waals surface area contributed by atoms with Crippen molar-refractivity contribution in [2.45, 2.75) is 26.7 Å². The maximum atomic E-state index is 11.3. The predicted molar refractivity (Wildman–Crippen MR) is 58.1 cm³/mol. The zero-order valence-electron chi connectivity index (χ0n) is 9.62. The highest BCUT2D eigenvalue weighted by Gasteiger charge is 2.15. The van der Waals surface area contributed by atoms with E-state index in [1.807, 2.05) is 4.90 Å². The van der Waals surface area contributed by atoms with Gasteiger partial charge in [-0.3, -0.25) is 4.79 Å². The van der Waals surface area contributed by atoms with Gasteiger partial charge in [-0.2, -0.15) is 0 Å². The average molecular weight is 198 g/mol. The zero-order chi connectivity index (χ0) is 10.6. The van der Waals surface area contributed by atoms with E-state index < -0.39 is 0 Å². The summed E-state index contributed by atoms with van der Waals surface area (Å²) in [5, 5.41) is 0. The highest BCUT2D eigenvalue weighted by atomic mass is 16.2. The summed E-state index contributed by atoms with van der Waals surface area (Å²) in [6, 6.07) is 0. The first-order valence-electron chi connectivity index (χ1n) is 5.53. The molecular weight excluding hydrogens is 176 g/mol. The van der Waals surface area contributed by atoms with Crippen molar-refractivity contribution in [3.8, 4) is 0 Å². The summed E-state index contributed by atoms with van der Waals surface area (Å²) in [7, 11) is 2.13. The second-order valence-corrected chi connectivity index (χ2v) is 4.52. The van der Waals surface area contributed by atoms with Gasteiger partial charge in [-0.05, 0) is 32.4 Å². The lowest BCUT2D eigenvalue weighted by Gasteiger charge is -2.24. The summed E-state index contributed by atoms with van der Waals surface area (Å²) >= 11 is 0. The molecule has 1 unspecified atom stereocenters. The van der Waals surface area contributed by atoms with E-state index in [2.05, 4.69) is 18.9 Å². The molecule has 0 aliphatic carbocycles. The topological polar surface area (TPSA) is 23.6 Å². The molecule has 1 atom stereocenters. The standard InChI is InChI=1S/C11H22N2O/c1-10-5-4-6-12(3)7-8-13(9-10)11(2)14/h10H,4-9H2,1-3H3. The number of likely N-dealkylation sites (N-methyl/N-ethyl adjacent to an activating group) is 1. The van der Waals surface area contributed by atoms with Crippen molar-refractivity contribution in [2.75, 3.05) is 33.2 Å². The van der Waals surface area contributed by atoms with Gasteiger partial charge < -0.3 is 9.80 Å². The molecule has 1 heterocycles. The van der Waals surface area contributed by atoms with E-state index in [1.54, 1.807) is 6.92 Å². The molecule has 1 aliphatic rings. The van der Waals surface area contributed by atoms with Crippen LogP contribution in [-0.4, -0.2) is 48.9 Å². The van der Waals surface area contributed by atoms with Gasteiger partial charge in [0.05, 0.1) is 0 Å². The molecule has 0 bridgehead atoms. The third kappa shape index (κ3) is 3.66. The predicted octanol–water partition coefficient (Wildman–Crippen LogP) is 1.20. The zero-order valence-corrected chi connectivity index (χ0v) is 9.62. The molecule has 3 nitrogen and oxygen atoms in total. The van der Waals surface area contributed by atoms with Crippen molar-refractivity contribution in [1.29, 1.82) is 0 Å². The highest BCUT2D eigenvalue weighted by Crippen LogP contribution is 2.11. The Kier molecular flexibility index (Phi) is 4.39. The molecular formula is C11H22N2O. The molecule has 1 rings (SSSR count). The molecule has 1 saturated heterocycles. The van der Waals surface area contributed by atoms with E-state index >= 15 is 0 Å². The number of amides is 1. The molecule has 0 aromatic rings. The SMILES string of the molecule is CC(=O)N1CCN(C)CCCC(C)C1. The Labute approximate surface area is 87.1 Å². The van der Waals surface area contributed by atoms with Crippen molar-refractivity contribution in [3.63, 3.8) is 0 Å². The molecule has 0 spiro atoms. The summed E-state index contributed by atoms with van der Waals surface area (Å²) in [4.78, 5) is 15.6. The van der Waals surface area contributed by atoms with Crippen LogP contribution in [0.25, 0.3) is 0 Å². The molecule has 1 fully saturated rings. The summed E-state index contributed by atoms with van der Waals surface area (Å²) in [6.07, 6.45) is 2.48. The van der Waals surface area contributed by atoms with Crippen LogP contribution in [0.5, 0.6) is 0 Å². The van der Waals surface area contributed by atoms with Gasteiger partial charge in [-0.15, -0.1) is 0 Å². The number of nitrogens with zero attached hydrogens (tertiary/aromatic N) is 2. The minimum atomic E-state index is 0.215. The lowest BCUT2D eigenvalue weighted by Crippen LogP contribution is -2.37. The van der Waals surface area contributed by atoms with E-state index in [0.29, 0.717) is 5.92 Å². The Morgan fingerprint density at radius 2 is 2.00 bits per heavy atom. The van der Waals surface area contributed by atoms with Crippen molar-refractivity contribution in [2.24, 2.45) is 5.92 Å². The normalized spacial score (nSPS) is 26.5. The molecule has 0 radical (unpaired) electrons. The van der Waals surface area contributed by atoms with Crippen LogP contribution in [-0.2, 0) is 4.79 Å². The fraction of sp³-hybridized carbons (Fsp3) is 0.909. The van der Waals surface area contributed by atoms with Crippen molar-refractivity contribution in [1.82, 2.24) is 9.80 Å². The second kappa shape index (κ2) is 5.35. The monoisotopic (exact) mass is 198 g/mol. The van der Waals surface area contributed by atoms with Gasteiger partial charge in [0, 0.05) is 26.6 Å². The molecule has 82 valence electrons. The van der Waals surface area contributed by atoms with Gasteiger partial charge in [0.2, 0.25) is 5.91 Å². The second-order valence-electron chi connectivity index (χ2n) is 4.52. The van der Waals surface area contributed by atoms with Crippen molar-refractivity contribution >= 4 is 5.91 Å². The van der Waals surface area contributed by atoms with Gasteiger partial charge in [-0.25, -0.2) is 0 Å². The Bertz CT molecular complexity index is 194.